The first kappa shape index (κ1) is 17.8. The molecule has 136 valence electrons. The monoisotopic (exact) mass is 352 g/mol. The van der Waals surface area contributed by atoms with E-state index >= 15 is 0 Å². The molecule has 0 unspecified atom stereocenters. The number of rotatable bonds is 2. The number of likely N-dealkylation sites (tertiary alicyclic amines) is 1. The number of amides is 2. The van der Waals surface area contributed by atoms with E-state index in [-0.39, 0.29) is 6.03 Å². The Bertz CT molecular complexity index is 869. The van der Waals surface area contributed by atoms with Crippen LogP contribution in [-0.4, -0.2) is 47.6 Å². The van der Waals surface area contributed by atoms with E-state index in [0.717, 1.165) is 48.5 Å². The lowest BCUT2D eigenvalue weighted by Crippen LogP contribution is -2.35. The number of methoxy groups -OCH3 is 1. The summed E-state index contributed by atoms with van der Waals surface area (Å²) >= 11 is 0. The lowest BCUT2D eigenvalue weighted by molar-refractivity contribution is 0.211. The van der Waals surface area contributed by atoms with Crippen LogP contribution in [0.2, 0.25) is 0 Å². The molecule has 6 nitrogen and oxygen atoms in total. The highest BCUT2D eigenvalue weighted by Gasteiger charge is 2.15. The second-order valence-corrected chi connectivity index (χ2v) is 6.07. The topological polar surface area (TPSA) is 58.9 Å². The number of carbonyl (C=O) groups excluding carboxylic acids is 1. The van der Waals surface area contributed by atoms with E-state index < -0.39 is 0 Å². The highest BCUT2D eigenvalue weighted by Crippen LogP contribution is 2.26. The number of nitrogens with zero attached hydrogens (tertiary/aromatic N) is 3. The van der Waals surface area contributed by atoms with Gasteiger partial charge in [-0.05, 0) is 37.1 Å². The van der Waals surface area contributed by atoms with Gasteiger partial charge in [0.25, 0.3) is 0 Å². The van der Waals surface area contributed by atoms with E-state index in [4.69, 9.17) is 4.74 Å². The normalized spacial score (nSPS) is 13.2. The van der Waals surface area contributed by atoms with E-state index in [9.17, 15) is 4.79 Å². The standard InChI is InChI=1S/C14H12N2O.C6H12N2O/c1-17-12-6-4-5-11(9-12)14-13-7-2-3-8-16(13)10-15-14;1-7-6(9)8-4-2-3-5-8/h2-10H,1H3;2-5H2,1H3,(H,7,9). The molecule has 1 saturated heterocycles. The third-order valence-electron chi connectivity index (χ3n) is 4.39. The van der Waals surface area contributed by atoms with Gasteiger partial charge in [0.2, 0.25) is 0 Å². The minimum absolute atomic E-state index is 0.0625. The number of nitrogens with one attached hydrogen (secondary N) is 1. The Morgan fingerprint density at radius 2 is 1.96 bits per heavy atom. The van der Waals surface area contributed by atoms with Crippen LogP contribution >= 0.6 is 0 Å². The Kier molecular flexibility index (Phi) is 5.73. The summed E-state index contributed by atoms with van der Waals surface area (Å²) in [6, 6.07) is 14.1. The Balaban J connectivity index is 0.000000185. The van der Waals surface area contributed by atoms with Crippen molar-refractivity contribution in [3.8, 4) is 17.0 Å². The molecule has 26 heavy (non-hydrogen) atoms. The first-order valence-corrected chi connectivity index (χ1v) is 8.75. The van der Waals surface area contributed by atoms with Gasteiger partial charge in [0.05, 0.1) is 24.6 Å². The van der Waals surface area contributed by atoms with Gasteiger partial charge in [-0.25, -0.2) is 9.78 Å². The Labute approximate surface area is 153 Å². The molecule has 4 rings (SSSR count). The molecule has 1 aliphatic heterocycles. The number of hydrogen-bond acceptors (Lipinski definition) is 3. The molecule has 6 heteroatoms. The summed E-state index contributed by atoms with van der Waals surface area (Å²) < 4.78 is 7.24. The van der Waals surface area contributed by atoms with Crippen molar-refractivity contribution in [1.29, 1.82) is 0 Å². The quantitative estimate of drug-likeness (QED) is 0.769. The highest BCUT2D eigenvalue weighted by atomic mass is 16.5. The van der Waals surface area contributed by atoms with E-state index in [2.05, 4.69) is 16.4 Å². The van der Waals surface area contributed by atoms with Crippen molar-refractivity contribution in [2.24, 2.45) is 0 Å². The second-order valence-electron chi connectivity index (χ2n) is 6.07. The molecule has 2 amide bonds. The number of pyridine rings is 1. The van der Waals surface area contributed by atoms with Gasteiger partial charge in [-0.1, -0.05) is 18.2 Å². The van der Waals surface area contributed by atoms with E-state index in [0.29, 0.717) is 0 Å². The summed E-state index contributed by atoms with van der Waals surface area (Å²) in [6.07, 6.45) is 6.14. The van der Waals surface area contributed by atoms with Gasteiger partial charge in [-0.2, -0.15) is 0 Å². The number of imidazole rings is 1. The van der Waals surface area contributed by atoms with Crippen molar-refractivity contribution in [2.45, 2.75) is 12.8 Å². The number of benzene rings is 1. The average molecular weight is 352 g/mol. The fraction of sp³-hybridized carbons (Fsp3) is 0.300. The Morgan fingerprint density at radius 3 is 2.69 bits per heavy atom. The molecule has 0 atom stereocenters. The van der Waals surface area contributed by atoms with Crippen LogP contribution in [0.25, 0.3) is 16.8 Å². The number of aromatic nitrogens is 2. The smallest absolute Gasteiger partial charge is 0.317 e. The molecule has 1 N–H and O–H groups in total. The van der Waals surface area contributed by atoms with Crippen molar-refractivity contribution in [2.75, 3.05) is 27.2 Å². The zero-order valence-corrected chi connectivity index (χ0v) is 15.2. The van der Waals surface area contributed by atoms with Gasteiger partial charge in [0.1, 0.15) is 5.75 Å². The molecule has 3 aromatic rings. The predicted octanol–water partition coefficient (Wildman–Crippen LogP) is 3.43. The number of fused-ring (bicyclic) bond motifs is 1. The van der Waals surface area contributed by atoms with Crippen LogP contribution in [0.1, 0.15) is 12.8 Å². The summed E-state index contributed by atoms with van der Waals surface area (Å²) in [5.74, 6) is 0.847. The number of hydrogen-bond donors (Lipinski definition) is 1. The van der Waals surface area contributed by atoms with Gasteiger partial charge in [0, 0.05) is 31.9 Å². The zero-order valence-electron chi connectivity index (χ0n) is 15.2. The lowest BCUT2D eigenvalue weighted by atomic mass is 10.1. The molecule has 1 fully saturated rings. The third kappa shape index (κ3) is 3.96. The van der Waals surface area contributed by atoms with Crippen molar-refractivity contribution in [3.63, 3.8) is 0 Å². The maximum atomic E-state index is 10.8. The second kappa shape index (κ2) is 8.38. The van der Waals surface area contributed by atoms with Gasteiger partial charge in [-0.3, -0.25) is 0 Å². The zero-order chi connectivity index (χ0) is 18.4. The molecule has 3 heterocycles. The fourth-order valence-corrected chi connectivity index (χ4v) is 3.01. The maximum Gasteiger partial charge on any atom is 0.317 e. The van der Waals surface area contributed by atoms with Crippen LogP contribution in [0.3, 0.4) is 0 Å². The minimum Gasteiger partial charge on any atom is -0.497 e. The lowest BCUT2D eigenvalue weighted by Gasteiger charge is -2.13. The van der Waals surface area contributed by atoms with Crippen LogP contribution in [0.15, 0.2) is 55.0 Å². The number of carbonyl (C=O) groups is 1. The van der Waals surface area contributed by atoms with Crippen molar-refractivity contribution in [3.05, 3.63) is 55.0 Å². The van der Waals surface area contributed by atoms with Crippen molar-refractivity contribution >= 4 is 11.5 Å². The van der Waals surface area contributed by atoms with Crippen LogP contribution < -0.4 is 10.1 Å². The van der Waals surface area contributed by atoms with Gasteiger partial charge < -0.3 is 19.4 Å². The first-order valence-electron chi connectivity index (χ1n) is 8.75. The summed E-state index contributed by atoms with van der Waals surface area (Å²) in [4.78, 5) is 17.1. The number of ether oxygens (including phenoxy) is 1. The Hall–Kier alpha value is -3.02. The predicted molar refractivity (Wildman–Crippen MR) is 102 cm³/mol. The summed E-state index contributed by atoms with van der Waals surface area (Å²) in [5.41, 5.74) is 3.14. The van der Waals surface area contributed by atoms with Crippen LogP contribution in [-0.2, 0) is 0 Å². The van der Waals surface area contributed by atoms with E-state index in [1.165, 1.54) is 0 Å². The average Bonchev–Trinajstić information content (AvgIpc) is 3.38. The van der Waals surface area contributed by atoms with Crippen LogP contribution in [0.5, 0.6) is 5.75 Å². The SMILES string of the molecule is CNC(=O)N1CCCC1.COc1cccc(-c2ncn3ccccc23)c1. The minimum atomic E-state index is 0.0625. The maximum absolute atomic E-state index is 10.8. The summed E-state index contributed by atoms with van der Waals surface area (Å²) in [6.45, 7) is 1.86. The van der Waals surface area contributed by atoms with Crippen molar-refractivity contribution in [1.82, 2.24) is 19.6 Å². The van der Waals surface area contributed by atoms with Gasteiger partial charge in [-0.15, -0.1) is 0 Å². The highest BCUT2D eigenvalue weighted by molar-refractivity contribution is 5.77. The molecule has 0 radical (unpaired) electrons. The fourth-order valence-electron chi connectivity index (χ4n) is 3.01. The molecule has 0 bridgehead atoms. The molecular formula is C20H24N4O2. The molecule has 1 aliphatic rings. The third-order valence-corrected chi connectivity index (χ3v) is 4.39. The van der Waals surface area contributed by atoms with Gasteiger partial charge >= 0.3 is 6.03 Å². The van der Waals surface area contributed by atoms with Crippen LogP contribution in [0, 0.1) is 0 Å². The van der Waals surface area contributed by atoms with Crippen molar-refractivity contribution < 1.29 is 9.53 Å². The van der Waals surface area contributed by atoms with E-state index in [1.54, 1.807) is 14.2 Å². The van der Waals surface area contributed by atoms with E-state index in [1.807, 2.05) is 58.2 Å². The van der Waals surface area contributed by atoms with Gasteiger partial charge in [0.15, 0.2) is 0 Å². The largest absolute Gasteiger partial charge is 0.497 e. The van der Waals surface area contributed by atoms with Crippen LogP contribution in [0.4, 0.5) is 4.79 Å². The molecule has 1 aromatic carbocycles. The molecule has 0 aliphatic carbocycles. The summed E-state index contributed by atoms with van der Waals surface area (Å²) in [7, 11) is 3.34. The number of urea groups is 1. The first-order chi connectivity index (χ1) is 12.7. The molecular weight excluding hydrogens is 328 g/mol. The molecule has 0 saturated carbocycles. The Morgan fingerprint density at radius 1 is 1.15 bits per heavy atom. The summed E-state index contributed by atoms with van der Waals surface area (Å²) in [5, 5.41) is 2.59. The molecule has 2 aromatic heterocycles. The molecule has 0 spiro atoms.